The highest BCUT2D eigenvalue weighted by Gasteiger charge is 2.11. The van der Waals surface area contributed by atoms with Gasteiger partial charge in [0, 0.05) is 24.3 Å². The van der Waals surface area contributed by atoms with Gasteiger partial charge in [-0.15, -0.1) is 0 Å². The van der Waals surface area contributed by atoms with Crippen LogP contribution in [0.15, 0.2) is 0 Å². The number of aliphatic hydroxyl groups excluding tert-OH is 1. The van der Waals surface area contributed by atoms with Crippen LogP contribution in [0.2, 0.25) is 10.4 Å². The lowest BCUT2D eigenvalue weighted by atomic mass is 10.1. The summed E-state index contributed by atoms with van der Waals surface area (Å²) in [6, 6.07) is 0. The van der Waals surface area contributed by atoms with E-state index in [-0.39, 0.29) is 11.9 Å². The molecule has 4 nitrogen and oxygen atoms in total. The van der Waals surface area contributed by atoms with E-state index in [1.54, 1.807) is 0 Å². The predicted octanol–water partition coefficient (Wildman–Crippen LogP) is 2.34. The quantitative estimate of drug-likeness (QED) is 0.619. The van der Waals surface area contributed by atoms with Crippen LogP contribution in [0.25, 0.3) is 0 Å². The molecular formula is C12H19Cl2N3O. The molecule has 1 aromatic heterocycles. The maximum Gasteiger partial charge on any atom is 0.224 e. The molecule has 0 bridgehead atoms. The van der Waals surface area contributed by atoms with Crippen LogP contribution in [-0.2, 0) is 6.42 Å². The molecule has 0 aromatic carbocycles. The summed E-state index contributed by atoms with van der Waals surface area (Å²) in [5, 5.41) is 9.60. The van der Waals surface area contributed by atoms with Crippen molar-refractivity contribution in [1.82, 2.24) is 14.9 Å². The maximum atomic E-state index is 9.00. The van der Waals surface area contributed by atoms with Gasteiger partial charge in [-0.25, -0.2) is 9.97 Å². The number of rotatable bonds is 7. The van der Waals surface area contributed by atoms with Crippen molar-refractivity contribution in [3.8, 4) is 0 Å². The second-order valence-electron chi connectivity index (χ2n) is 4.16. The first-order valence-corrected chi connectivity index (χ1v) is 6.85. The molecular weight excluding hydrogens is 273 g/mol. The van der Waals surface area contributed by atoms with Crippen molar-refractivity contribution < 1.29 is 5.11 Å². The Morgan fingerprint density at radius 3 is 2.44 bits per heavy atom. The lowest BCUT2D eigenvalue weighted by molar-refractivity contribution is 0.197. The SMILES string of the molecule is CCCN(CCO)CCc1c(C)nc(Cl)nc1Cl. The van der Waals surface area contributed by atoms with Gasteiger partial charge in [-0.1, -0.05) is 18.5 Å². The van der Waals surface area contributed by atoms with E-state index in [9.17, 15) is 0 Å². The van der Waals surface area contributed by atoms with E-state index >= 15 is 0 Å². The summed E-state index contributed by atoms with van der Waals surface area (Å²) in [4.78, 5) is 10.3. The molecule has 6 heteroatoms. The molecule has 102 valence electrons. The molecule has 0 saturated heterocycles. The van der Waals surface area contributed by atoms with E-state index in [0.717, 1.165) is 37.2 Å². The standard InChI is InChI=1S/C12H19Cl2N3O/c1-3-5-17(7-8-18)6-4-10-9(2)15-12(14)16-11(10)13/h18H,3-8H2,1-2H3. The van der Waals surface area contributed by atoms with Crippen LogP contribution in [0.1, 0.15) is 24.6 Å². The molecule has 0 amide bonds. The monoisotopic (exact) mass is 291 g/mol. The van der Waals surface area contributed by atoms with E-state index in [4.69, 9.17) is 28.3 Å². The summed E-state index contributed by atoms with van der Waals surface area (Å²) in [5.41, 5.74) is 1.75. The first-order chi connectivity index (χ1) is 8.58. The lowest BCUT2D eigenvalue weighted by Gasteiger charge is -2.20. The average Bonchev–Trinajstić information content (AvgIpc) is 2.28. The zero-order chi connectivity index (χ0) is 13.5. The first kappa shape index (κ1) is 15.6. The van der Waals surface area contributed by atoms with Crippen molar-refractivity contribution in [1.29, 1.82) is 0 Å². The van der Waals surface area contributed by atoms with Crippen molar-refractivity contribution in [2.75, 3.05) is 26.2 Å². The van der Waals surface area contributed by atoms with Gasteiger partial charge in [0.1, 0.15) is 5.15 Å². The number of hydrogen-bond acceptors (Lipinski definition) is 4. The van der Waals surface area contributed by atoms with E-state index in [0.29, 0.717) is 11.7 Å². The van der Waals surface area contributed by atoms with Gasteiger partial charge >= 0.3 is 0 Å². The third-order valence-corrected chi connectivity index (χ3v) is 3.25. The van der Waals surface area contributed by atoms with Gasteiger partial charge in [0.25, 0.3) is 0 Å². The van der Waals surface area contributed by atoms with Gasteiger partial charge in [0.2, 0.25) is 5.28 Å². The fraction of sp³-hybridized carbons (Fsp3) is 0.667. The average molecular weight is 292 g/mol. The van der Waals surface area contributed by atoms with Crippen molar-refractivity contribution >= 4 is 23.2 Å². The molecule has 18 heavy (non-hydrogen) atoms. The molecule has 0 saturated carbocycles. The molecule has 1 aromatic rings. The molecule has 1 N–H and O–H groups in total. The zero-order valence-electron chi connectivity index (χ0n) is 10.8. The molecule has 0 aliphatic rings. The third kappa shape index (κ3) is 4.69. The molecule has 0 radical (unpaired) electrons. The summed E-state index contributed by atoms with van der Waals surface area (Å²) < 4.78 is 0. The van der Waals surface area contributed by atoms with Crippen LogP contribution in [0.3, 0.4) is 0 Å². The highest BCUT2D eigenvalue weighted by molar-refractivity contribution is 6.32. The summed E-state index contributed by atoms with van der Waals surface area (Å²) in [5.74, 6) is 0. The van der Waals surface area contributed by atoms with Crippen LogP contribution < -0.4 is 0 Å². The highest BCUT2D eigenvalue weighted by Crippen LogP contribution is 2.19. The minimum atomic E-state index is 0.170. The number of aryl methyl sites for hydroxylation is 1. The number of hydrogen-bond donors (Lipinski definition) is 1. The minimum absolute atomic E-state index is 0.170. The number of aliphatic hydroxyl groups is 1. The van der Waals surface area contributed by atoms with Crippen molar-refractivity contribution in [3.05, 3.63) is 21.7 Å². The van der Waals surface area contributed by atoms with Gasteiger partial charge in [-0.05, 0) is 37.9 Å². The molecule has 0 fully saturated rings. The fourth-order valence-corrected chi connectivity index (χ4v) is 2.44. The summed E-state index contributed by atoms with van der Waals surface area (Å²) in [6.07, 6.45) is 1.83. The van der Waals surface area contributed by atoms with Crippen LogP contribution in [0, 0.1) is 6.92 Å². The van der Waals surface area contributed by atoms with E-state index < -0.39 is 0 Å². The summed E-state index contributed by atoms with van der Waals surface area (Å²) in [7, 11) is 0. The Labute approximate surface area is 118 Å². The molecule has 1 heterocycles. The normalized spacial score (nSPS) is 11.2. The van der Waals surface area contributed by atoms with Crippen LogP contribution in [0.4, 0.5) is 0 Å². The lowest BCUT2D eigenvalue weighted by Crippen LogP contribution is -2.30. The van der Waals surface area contributed by atoms with E-state index in [1.165, 1.54) is 0 Å². The predicted molar refractivity (Wildman–Crippen MR) is 74.3 cm³/mol. The Balaban J connectivity index is 2.66. The van der Waals surface area contributed by atoms with Crippen LogP contribution in [-0.4, -0.2) is 46.2 Å². The number of halogens is 2. The molecule has 0 atom stereocenters. The second kappa shape index (κ2) is 7.89. The van der Waals surface area contributed by atoms with Crippen LogP contribution in [0.5, 0.6) is 0 Å². The van der Waals surface area contributed by atoms with Gasteiger partial charge < -0.3 is 10.0 Å². The number of aromatic nitrogens is 2. The Bertz CT molecular complexity index is 359. The first-order valence-electron chi connectivity index (χ1n) is 6.10. The van der Waals surface area contributed by atoms with Gasteiger partial charge in [0.05, 0.1) is 6.61 Å². The number of nitrogens with zero attached hydrogens (tertiary/aromatic N) is 3. The van der Waals surface area contributed by atoms with E-state index in [2.05, 4.69) is 21.8 Å². The fourth-order valence-electron chi connectivity index (χ4n) is 1.88. The molecule has 0 aliphatic heterocycles. The Morgan fingerprint density at radius 1 is 1.17 bits per heavy atom. The van der Waals surface area contributed by atoms with Gasteiger partial charge in [0.15, 0.2) is 0 Å². The smallest absolute Gasteiger partial charge is 0.224 e. The topological polar surface area (TPSA) is 49.2 Å². The Hall–Kier alpha value is -0.420. The van der Waals surface area contributed by atoms with E-state index in [1.807, 2.05) is 6.92 Å². The van der Waals surface area contributed by atoms with Crippen molar-refractivity contribution in [3.63, 3.8) is 0 Å². The summed E-state index contributed by atoms with van der Waals surface area (Å²) >= 11 is 11.8. The largest absolute Gasteiger partial charge is 0.395 e. The van der Waals surface area contributed by atoms with Crippen molar-refractivity contribution in [2.45, 2.75) is 26.7 Å². The molecule has 1 rings (SSSR count). The minimum Gasteiger partial charge on any atom is -0.395 e. The summed E-state index contributed by atoms with van der Waals surface area (Å²) in [6.45, 7) is 6.65. The van der Waals surface area contributed by atoms with Crippen LogP contribution >= 0.6 is 23.2 Å². The maximum absolute atomic E-state index is 9.00. The molecule has 0 spiro atoms. The van der Waals surface area contributed by atoms with Gasteiger partial charge in [-0.2, -0.15) is 0 Å². The van der Waals surface area contributed by atoms with Crippen molar-refractivity contribution in [2.24, 2.45) is 0 Å². The highest BCUT2D eigenvalue weighted by atomic mass is 35.5. The Kier molecular flexibility index (Phi) is 6.86. The van der Waals surface area contributed by atoms with Gasteiger partial charge in [-0.3, -0.25) is 0 Å². The second-order valence-corrected chi connectivity index (χ2v) is 4.86. The third-order valence-electron chi connectivity index (χ3n) is 2.77. The molecule has 0 aliphatic carbocycles. The zero-order valence-corrected chi connectivity index (χ0v) is 12.3. The molecule has 0 unspecified atom stereocenters. The Morgan fingerprint density at radius 2 is 1.89 bits per heavy atom.